The number of hydrogen-bond acceptors (Lipinski definition) is 2. The van der Waals surface area contributed by atoms with Crippen LogP contribution >= 0.6 is 0 Å². The lowest BCUT2D eigenvalue weighted by Crippen LogP contribution is -2.36. The van der Waals surface area contributed by atoms with E-state index in [9.17, 15) is 4.79 Å². The van der Waals surface area contributed by atoms with Crippen LogP contribution < -0.4 is 4.90 Å². The lowest BCUT2D eigenvalue weighted by Gasteiger charge is -2.25. The van der Waals surface area contributed by atoms with E-state index in [1.807, 2.05) is 10.8 Å². The molecule has 1 aromatic rings. The first-order chi connectivity index (χ1) is 6.33. The summed E-state index contributed by atoms with van der Waals surface area (Å²) in [5, 5.41) is 0. The number of hydrogen-bond donors (Lipinski definition) is 0. The molecule has 0 unspecified atom stereocenters. The number of carbonyl (C=O) groups is 1. The van der Waals surface area contributed by atoms with Crippen molar-refractivity contribution in [2.75, 3.05) is 11.4 Å². The van der Waals surface area contributed by atoms with Crippen LogP contribution in [0.25, 0.3) is 0 Å². The third-order valence-electron chi connectivity index (χ3n) is 2.08. The van der Waals surface area contributed by atoms with Crippen LogP contribution in [-0.2, 0) is 11.3 Å². The number of anilines is 1. The maximum Gasteiger partial charge on any atom is 0.304 e. The van der Waals surface area contributed by atoms with Crippen molar-refractivity contribution < 1.29 is 4.79 Å². The van der Waals surface area contributed by atoms with Gasteiger partial charge in [-0.2, -0.15) is 0 Å². The van der Waals surface area contributed by atoms with E-state index in [4.69, 9.17) is 6.42 Å². The molecule has 2 rings (SSSR count). The average Bonchev–Trinajstić information content (AvgIpc) is 2.63. The zero-order chi connectivity index (χ0) is 9.26. The van der Waals surface area contributed by atoms with Gasteiger partial charge in [0, 0.05) is 25.5 Å². The first-order valence-corrected chi connectivity index (χ1v) is 4.12. The van der Waals surface area contributed by atoms with Crippen LogP contribution in [0.3, 0.4) is 0 Å². The summed E-state index contributed by atoms with van der Waals surface area (Å²) in [5.74, 6) is 2.45. The first-order valence-electron chi connectivity index (χ1n) is 4.12. The van der Waals surface area contributed by atoms with Gasteiger partial charge < -0.3 is 4.57 Å². The van der Waals surface area contributed by atoms with E-state index in [2.05, 4.69) is 10.9 Å². The van der Waals surface area contributed by atoms with Crippen LogP contribution in [0.1, 0.15) is 6.42 Å². The lowest BCUT2D eigenvalue weighted by molar-refractivity contribution is -0.113. The molecule has 0 bridgehead atoms. The number of aromatic nitrogens is 2. The average molecular weight is 175 g/mol. The Bertz CT molecular complexity index is 374. The molecule has 1 aliphatic rings. The number of terminal acetylenes is 1. The molecule has 1 amide bonds. The van der Waals surface area contributed by atoms with Crippen LogP contribution in [0.2, 0.25) is 0 Å². The van der Waals surface area contributed by atoms with Crippen molar-refractivity contribution in [3.8, 4) is 12.3 Å². The molecule has 1 aliphatic heterocycles. The first kappa shape index (κ1) is 7.87. The normalized spacial score (nSPS) is 14.8. The number of carbonyl (C=O) groups excluding carboxylic acids is 1. The van der Waals surface area contributed by atoms with E-state index in [1.165, 1.54) is 4.90 Å². The fraction of sp³-hybridized carbons (Fsp3) is 0.333. The SMILES string of the molecule is C#CC(=O)N1CCCn2ccnc21. The highest BCUT2D eigenvalue weighted by molar-refractivity contribution is 6.04. The summed E-state index contributed by atoms with van der Waals surface area (Å²) in [6.45, 7) is 1.57. The summed E-state index contributed by atoms with van der Waals surface area (Å²) in [4.78, 5) is 16.9. The molecule has 0 saturated carbocycles. The Labute approximate surface area is 76.2 Å². The summed E-state index contributed by atoms with van der Waals surface area (Å²) in [6.07, 6.45) is 9.51. The van der Waals surface area contributed by atoms with Crippen molar-refractivity contribution in [3.05, 3.63) is 12.4 Å². The lowest BCUT2D eigenvalue weighted by atomic mass is 10.3. The number of amides is 1. The molecule has 0 spiro atoms. The van der Waals surface area contributed by atoms with Crippen molar-refractivity contribution in [3.63, 3.8) is 0 Å². The van der Waals surface area contributed by atoms with E-state index in [0.717, 1.165) is 13.0 Å². The van der Waals surface area contributed by atoms with Gasteiger partial charge in [-0.1, -0.05) is 0 Å². The Morgan fingerprint density at radius 2 is 2.46 bits per heavy atom. The summed E-state index contributed by atoms with van der Waals surface area (Å²) in [5.41, 5.74) is 0. The van der Waals surface area contributed by atoms with Crippen LogP contribution in [0.4, 0.5) is 5.95 Å². The van der Waals surface area contributed by atoms with Crippen LogP contribution in [0.15, 0.2) is 12.4 Å². The Kier molecular flexibility index (Phi) is 1.78. The fourth-order valence-electron chi connectivity index (χ4n) is 1.49. The monoisotopic (exact) mass is 175 g/mol. The number of nitrogens with zero attached hydrogens (tertiary/aromatic N) is 3. The van der Waals surface area contributed by atoms with Crippen LogP contribution in [-0.4, -0.2) is 22.0 Å². The Hall–Kier alpha value is -1.76. The quantitative estimate of drug-likeness (QED) is 0.530. The predicted octanol–water partition coefficient (Wildman–Crippen LogP) is 0.253. The van der Waals surface area contributed by atoms with Gasteiger partial charge in [-0.15, -0.1) is 6.42 Å². The third kappa shape index (κ3) is 1.18. The predicted molar refractivity (Wildman–Crippen MR) is 48.0 cm³/mol. The van der Waals surface area contributed by atoms with Crippen molar-refractivity contribution >= 4 is 11.9 Å². The molecule has 0 radical (unpaired) electrons. The molecule has 0 N–H and O–H groups in total. The van der Waals surface area contributed by atoms with Crippen LogP contribution in [0.5, 0.6) is 0 Å². The van der Waals surface area contributed by atoms with Crippen molar-refractivity contribution in [1.82, 2.24) is 9.55 Å². The van der Waals surface area contributed by atoms with E-state index in [-0.39, 0.29) is 5.91 Å². The van der Waals surface area contributed by atoms with Crippen LogP contribution in [0, 0.1) is 12.3 Å². The molecule has 0 aliphatic carbocycles. The molecule has 0 fully saturated rings. The van der Waals surface area contributed by atoms with Gasteiger partial charge in [-0.05, 0) is 12.3 Å². The maximum atomic E-state index is 11.3. The van der Waals surface area contributed by atoms with E-state index in [1.54, 1.807) is 6.20 Å². The van der Waals surface area contributed by atoms with Gasteiger partial charge in [-0.3, -0.25) is 9.69 Å². The summed E-state index contributed by atoms with van der Waals surface area (Å²) in [6, 6.07) is 0. The van der Waals surface area contributed by atoms with Gasteiger partial charge in [0.15, 0.2) is 0 Å². The second-order valence-electron chi connectivity index (χ2n) is 2.88. The Morgan fingerprint density at radius 1 is 1.62 bits per heavy atom. The number of imidazole rings is 1. The molecule has 0 aromatic carbocycles. The van der Waals surface area contributed by atoms with Crippen molar-refractivity contribution in [2.24, 2.45) is 0 Å². The molecule has 0 atom stereocenters. The molecule has 0 saturated heterocycles. The highest BCUT2D eigenvalue weighted by atomic mass is 16.2. The highest BCUT2D eigenvalue weighted by Gasteiger charge is 2.21. The number of aryl methyl sites for hydroxylation is 1. The maximum absolute atomic E-state index is 11.3. The third-order valence-corrected chi connectivity index (χ3v) is 2.08. The highest BCUT2D eigenvalue weighted by Crippen LogP contribution is 2.17. The smallest absolute Gasteiger partial charge is 0.304 e. The summed E-state index contributed by atoms with van der Waals surface area (Å²) >= 11 is 0. The number of fused-ring (bicyclic) bond motifs is 1. The van der Waals surface area contributed by atoms with Crippen molar-refractivity contribution in [1.29, 1.82) is 0 Å². The van der Waals surface area contributed by atoms with Gasteiger partial charge in [0.1, 0.15) is 0 Å². The Morgan fingerprint density at radius 3 is 3.23 bits per heavy atom. The minimum Gasteiger partial charge on any atom is -0.317 e. The summed E-state index contributed by atoms with van der Waals surface area (Å²) in [7, 11) is 0. The minimum absolute atomic E-state index is 0.313. The number of rotatable bonds is 0. The van der Waals surface area contributed by atoms with Gasteiger partial charge in [0.2, 0.25) is 5.95 Å². The molecule has 13 heavy (non-hydrogen) atoms. The molecular weight excluding hydrogens is 166 g/mol. The van der Waals surface area contributed by atoms with Gasteiger partial charge in [0.25, 0.3) is 0 Å². The molecule has 2 heterocycles. The topological polar surface area (TPSA) is 38.1 Å². The van der Waals surface area contributed by atoms with Gasteiger partial charge in [0.05, 0.1) is 0 Å². The molecule has 66 valence electrons. The largest absolute Gasteiger partial charge is 0.317 e. The summed E-state index contributed by atoms with van der Waals surface area (Å²) < 4.78 is 1.93. The molecule has 4 nitrogen and oxygen atoms in total. The second-order valence-corrected chi connectivity index (χ2v) is 2.88. The zero-order valence-electron chi connectivity index (χ0n) is 7.10. The van der Waals surface area contributed by atoms with E-state index in [0.29, 0.717) is 12.5 Å². The molecular formula is C9H9N3O. The van der Waals surface area contributed by atoms with Gasteiger partial charge in [-0.25, -0.2) is 4.98 Å². The van der Waals surface area contributed by atoms with Crippen molar-refractivity contribution in [2.45, 2.75) is 13.0 Å². The van der Waals surface area contributed by atoms with Gasteiger partial charge >= 0.3 is 5.91 Å². The fourth-order valence-corrected chi connectivity index (χ4v) is 1.49. The zero-order valence-corrected chi connectivity index (χ0v) is 7.10. The molecule has 4 heteroatoms. The second kappa shape index (κ2) is 2.94. The minimum atomic E-state index is -0.313. The molecule has 1 aromatic heterocycles. The standard InChI is InChI=1S/C9H9N3O/c1-2-8(13)12-6-3-5-11-7-4-10-9(11)12/h1,4,7H,3,5-6H2. The van der Waals surface area contributed by atoms with E-state index < -0.39 is 0 Å². The Balaban J connectivity index is 2.36. The van der Waals surface area contributed by atoms with E-state index >= 15 is 0 Å².